The van der Waals surface area contributed by atoms with Crippen LogP contribution in [0.4, 0.5) is 0 Å². The van der Waals surface area contributed by atoms with E-state index in [0.29, 0.717) is 0 Å². The smallest absolute Gasteiger partial charge is 0.336 e. The number of rotatable bonds is 9. The Balaban J connectivity index is 4.28. The fourth-order valence-electron chi connectivity index (χ4n) is 0.393. The van der Waals surface area contributed by atoms with Crippen molar-refractivity contribution in [1.82, 2.24) is 0 Å². The molecule has 15 heavy (non-hydrogen) atoms. The molecule has 0 aromatic carbocycles. The fourth-order valence-corrected chi connectivity index (χ4v) is 5.84. The summed E-state index contributed by atoms with van der Waals surface area (Å²) in [5.74, 6) is 0. The predicted octanol–water partition coefficient (Wildman–Crippen LogP) is -2.10. The molecule has 12 nitrogen and oxygen atoms in total. The summed E-state index contributed by atoms with van der Waals surface area (Å²) in [6, 6.07) is 0. The van der Waals surface area contributed by atoms with Gasteiger partial charge in [0.1, 0.15) is 0 Å². The lowest BCUT2D eigenvalue weighted by Crippen LogP contribution is -2.45. The van der Waals surface area contributed by atoms with Crippen molar-refractivity contribution in [3.8, 4) is 0 Å². The molecule has 0 aliphatic carbocycles. The lowest BCUT2D eigenvalue weighted by atomic mass is 14.4. The van der Waals surface area contributed by atoms with Crippen molar-refractivity contribution in [2.45, 2.75) is 0 Å². The summed E-state index contributed by atoms with van der Waals surface area (Å²) in [5.41, 5.74) is 0. The summed E-state index contributed by atoms with van der Waals surface area (Å²) in [7, 11) is -9.96. The second kappa shape index (κ2) is 8.81. The molecule has 0 saturated carbocycles. The molecule has 0 bridgehead atoms. The monoisotopic (exact) mass is 280 g/mol. The summed E-state index contributed by atoms with van der Waals surface area (Å²) in [5, 5.41) is 35.7. The van der Waals surface area contributed by atoms with E-state index in [1.807, 2.05) is 0 Å². The SMILES string of the molecule is O=[Si](OOO)[SiH](OOOO)[Si](=O)OOO. The van der Waals surface area contributed by atoms with Crippen LogP contribution in [0.2, 0.25) is 0 Å². The van der Waals surface area contributed by atoms with Crippen LogP contribution in [0.5, 0.6) is 0 Å². The Morgan fingerprint density at radius 3 is 1.67 bits per heavy atom. The molecule has 0 unspecified atom stereocenters. The van der Waals surface area contributed by atoms with Gasteiger partial charge in [0.25, 0.3) is 0 Å². The Hall–Kier alpha value is -0.469. The Labute approximate surface area is 84.4 Å². The van der Waals surface area contributed by atoms with Gasteiger partial charge in [-0.1, -0.05) is 0 Å². The van der Waals surface area contributed by atoms with Gasteiger partial charge in [-0.3, -0.25) is 0 Å². The molecule has 15 heteroatoms. The lowest BCUT2D eigenvalue weighted by Gasteiger charge is -2.04. The molecule has 0 aliphatic rings. The van der Waals surface area contributed by atoms with Gasteiger partial charge in [-0.05, 0) is 20.2 Å². The van der Waals surface area contributed by atoms with Crippen LogP contribution in [0.3, 0.4) is 0 Å². The average molecular weight is 280 g/mol. The molecule has 0 spiro atoms. The molecule has 0 aromatic rings. The van der Waals surface area contributed by atoms with Crippen LogP contribution in [0.15, 0.2) is 0 Å². The number of hydrogen-bond acceptors (Lipinski definition) is 12. The second-order valence-corrected chi connectivity index (χ2v) is 11.8. The predicted molar refractivity (Wildman–Crippen MR) is 35.5 cm³/mol. The molecule has 0 aromatic heterocycles. The highest BCUT2D eigenvalue weighted by atomic mass is 29.6. The van der Waals surface area contributed by atoms with Crippen LogP contribution in [0.25, 0.3) is 0 Å². The minimum absolute atomic E-state index is 2.98. The summed E-state index contributed by atoms with van der Waals surface area (Å²) in [4.78, 5) is 0. The maximum atomic E-state index is 11.0. The zero-order valence-corrected chi connectivity index (χ0v) is 9.75. The van der Waals surface area contributed by atoms with E-state index in [9.17, 15) is 8.92 Å². The minimum Gasteiger partial charge on any atom is -0.336 e. The van der Waals surface area contributed by atoms with Crippen LogP contribution in [0.1, 0.15) is 0 Å². The van der Waals surface area contributed by atoms with E-state index < -0.39 is 25.0 Å². The molecule has 3 N–H and O–H groups in total. The van der Waals surface area contributed by atoms with Crippen LogP contribution < -0.4 is 0 Å². The average Bonchev–Trinajstić information content (AvgIpc) is 2.19. The summed E-state index contributed by atoms with van der Waals surface area (Å²) in [6.45, 7) is 0. The minimum atomic E-state index is -3.40. The molecule has 0 rings (SSSR count). The largest absolute Gasteiger partial charge is 0.552 e. The highest BCUT2D eigenvalue weighted by Gasteiger charge is 2.45. The first kappa shape index (κ1) is 14.5. The Morgan fingerprint density at radius 1 is 0.867 bits per heavy atom. The van der Waals surface area contributed by atoms with Crippen molar-refractivity contribution in [1.29, 1.82) is 0 Å². The van der Waals surface area contributed by atoms with Gasteiger partial charge < -0.3 is 18.1 Å². The third kappa shape index (κ3) is 5.85. The van der Waals surface area contributed by atoms with Gasteiger partial charge >= 0.3 is 25.0 Å². The second-order valence-electron chi connectivity index (χ2n) is 1.57. The van der Waals surface area contributed by atoms with Gasteiger partial charge in [-0.25, -0.2) is 20.3 Å². The third-order valence-corrected chi connectivity index (χ3v) is 10.4. The van der Waals surface area contributed by atoms with Crippen molar-refractivity contribution < 1.29 is 58.6 Å². The van der Waals surface area contributed by atoms with Crippen LogP contribution in [-0.4, -0.2) is 40.7 Å². The van der Waals surface area contributed by atoms with Crippen molar-refractivity contribution in [3.63, 3.8) is 0 Å². The Bertz CT molecular complexity index is 181. The highest BCUT2D eigenvalue weighted by Crippen LogP contribution is 1.94. The summed E-state index contributed by atoms with van der Waals surface area (Å²) in [6.07, 6.45) is 0. The van der Waals surface area contributed by atoms with Gasteiger partial charge in [-0.2, -0.15) is 0 Å². The highest BCUT2D eigenvalue weighted by molar-refractivity contribution is 7.37. The topological polar surface area (TPSA) is 159 Å². The van der Waals surface area contributed by atoms with E-state index in [2.05, 4.69) is 33.9 Å². The Kier molecular flexibility index (Phi) is 8.53. The van der Waals surface area contributed by atoms with Crippen molar-refractivity contribution >= 4 is 25.0 Å². The summed E-state index contributed by atoms with van der Waals surface area (Å²) >= 11 is 0. The molecular weight excluding hydrogens is 276 g/mol. The van der Waals surface area contributed by atoms with Gasteiger partial charge in [0.15, 0.2) is 0 Å². The number of hydrogen-bond donors (Lipinski definition) is 3. The van der Waals surface area contributed by atoms with Gasteiger partial charge in [0.2, 0.25) is 0 Å². The first-order valence-corrected chi connectivity index (χ1v) is 9.57. The molecule has 0 aliphatic heterocycles. The van der Waals surface area contributed by atoms with Crippen LogP contribution >= 0.6 is 0 Å². The van der Waals surface area contributed by atoms with E-state index in [1.54, 1.807) is 0 Å². The molecular formula is H4O12Si3. The standard InChI is InChI=1S/H4O12Si3/c1-6-9-12-15(13(4)10-7-2)14(5)11-8-3/h1-3,15H. The zero-order chi connectivity index (χ0) is 11.7. The normalized spacial score (nSPS) is 10.1. The van der Waals surface area contributed by atoms with E-state index in [-0.39, 0.29) is 0 Å². The molecule has 0 fully saturated rings. The van der Waals surface area contributed by atoms with Crippen LogP contribution in [0, 0.1) is 0 Å². The molecule has 0 atom stereocenters. The summed E-state index contributed by atoms with van der Waals surface area (Å²) < 4.78 is 33.4. The van der Waals surface area contributed by atoms with E-state index in [0.717, 1.165) is 0 Å². The van der Waals surface area contributed by atoms with Crippen LogP contribution in [-0.2, 0) is 42.8 Å². The van der Waals surface area contributed by atoms with E-state index >= 15 is 0 Å². The lowest BCUT2D eigenvalue weighted by molar-refractivity contribution is -0.597. The molecule has 0 radical (unpaired) electrons. The zero-order valence-electron chi connectivity index (χ0n) is 6.59. The molecule has 88 valence electrons. The van der Waals surface area contributed by atoms with Gasteiger partial charge in [0.05, 0.1) is 0 Å². The molecule has 0 saturated heterocycles. The van der Waals surface area contributed by atoms with Crippen molar-refractivity contribution in [3.05, 3.63) is 0 Å². The first-order valence-electron chi connectivity index (χ1n) is 2.84. The fraction of sp³-hybridized carbons (Fsp3) is 0. The quantitative estimate of drug-likeness (QED) is 0.240. The first-order chi connectivity index (χ1) is 7.17. The van der Waals surface area contributed by atoms with E-state index in [4.69, 9.17) is 15.8 Å². The van der Waals surface area contributed by atoms with Crippen molar-refractivity contribution in [2.24, 2.45) is 0 Å². The molecule has 0 heterocycles. The maximum Gasteiger partial charge on any atom is 0.552 e. The van der Waals surface area contributed by atoms with E-state index in [1.165, 1.54) is 0 Å². The third-order valence-electron chi connectivity index (χ3n) is 0.833. The maximum absolute atomic E-state index is 11.0. The van der Waals surface area contributed by atoms with Gasteiger partial charge in [0, 0.05) is 0 Å². The Morgan fingerprint density at radius 2 is 1.33 bits per heavy atom. The molecule has 0 amide bonds. The van der Waals surface area contributed by atoms with Crippen molar-refractivity contribution in [2.75, 3.05) is 0 Å². The van der Waals surface area contributed by atoms with Gasteiger partial charge in [-0.15, -0.1) is 0 Å².